The van der Waals surface area contributed by atoms with Crippen LogP contribution in [0.5, 0.6) is 11.5 Å². The third kappa shape index (κ3) is 5.18. The van der Waals surface area contributed by atoms with Crippen molar-refractivity contribution >= 4 is 51.7 Å². The minimum absolute atomic E-state index is 0.0101. The van der Waals surface area contributed by atoms with Crippen molar-refractivity contribution in [3.8, 4) is 22.8 Å². The maximum Gasteiger partial charge on any atom is 0.223 e. The topological polar surface area (TPSA) is 107 Å². The zero-order valence-corrected chi connectivity index (χ0v) is 21.7. The number of rotatable bonds is 10. The lowest BCUT2D eigenvalue weighted by molar-refractivity contribution is -0.115. The van der Waals surface area contributed by atoms with Crippen LogP contribution in [0, 0.1) is 5.92 Å². The van der Waals surface area contributed by atoms with Crippen molar-refractivity contribution in [1.29, 1.82) is 0 Å². The number of fused-ring (bicyclic) bond motifs is 1. The largest absolute Gasteiger partial charge is 0.495 e. The molecule has 36 heavy (non-hydrogen) atoms. The quantitative estimate of drug-likeness (QED) is 0.348. The highest BCUT2D eigenvalue weighted by atomic mass is 35.5. The van der Waals surface area contributed by atoms with Crippen molar-refractivity contribution in [3.63, 3.8) is 0 Å². The summed E-state index contributed by atoms with van der Waals surface area (Å²) in [7, 11) is 3.04. The van der Waals surface area contributed by atoms with Gasteiger partial charge in [-0.3, -0.25) is 4.79 Å². The summed E-state index contributed by atoms with van der Waals surface area (Å²) in [5.74, 6) is 1.79. The molecule has 2 aromatic heterocycles. The van der Waals surface area contributed by atoms with E-state index in [0.717, 1.165) is 5.39 Å². The summed E-state index contributed by atoms with van der Waals surface area (Å²) in [6, 6.07) is 3.35. The Labute approximate surface area is 219 Å². The summed E-state index contributed by atoms with van der Waals surface area (Å²) in [5, 5.41) is 7.94. The van der Waals surface area contributed by atoms with E-state index >= 15 is 0 Å². The first-order chi connectivity index (χ1) is 17.4. The van der Waals surface area contributed by atoms with Crippen LogP contribution < -0.4 is 20.1 Å². The number of benzene rings is 1. The highest BCUT2D eigenvalue weighted by molar-refractivity contribution is 6.41. The molecule has 9 nitrogen and oxygen atoms in total. The zero-order chi connectivity index (χ0) is 25.8. The van der Waals surface area contributed by atoms with Gasteiger partial charge in [0.1, 0.15) is 17.0 Å². The number of carbonyl (C=O) groups is 1. The lowest BCUT2D eigenvalue weighted by Crippen LogP contribution is -2.30. The van der Waals surface area contributed by atoms with E-state index in [4.69, 9.17) is 47.4 Å². The fourth-order valence-electron chi connectivity index (χ4n) is 4.11. The van der Waals surface area contributed by atoms with Gasteiger partial charge in [0.15, 0.2) is 11.6 Å². The Hall–Kier alpha value is -3.14. The number of ether oxygens (including phenoxy) is 3. The number of methoxy groups -OCH3 is 2. The van der Waals surface area contributed by atoms with Crippen LogP contribution in [0.2, 0.25) is 10.0 Å². The van der Waals surface area contributed by atoms with E-state index in [1.165, 1.54) is 20.3 Å². The number of nitrogens with zero attached hydrogens (tertiary/aromatic N) is 3. The predicted molar refractivity (Wildman–Crippen MR) is 142 cm³/mol. The van der Waals surface area contributed by atoms with Crippen LogP contribution in [0.1, 0.15) is 13.3 Å². The third-order valence-electron chi connectivity index (χ3n) is 5.94. The predicted octanol–water partition coefficient (Wildman–Crippen LogP) is 5.02. The van der Waals surface area contributed by atoms with Crippen LogP contribution in [0.3, 0.4) is 0 Å². The first-order valence-corrected chi connectivity index (χ1v) is 12.2. The molecule has 0 radical (unpaired) electrons. The molecule has 0 aliphatic carbocycles. The van der Waals surface area contributed by atoms with Crippen molar-refractivity contribution < 1.29 is 19.0 Å². The average molecular weight is 532 g/mol. The Kier molecular flexibility index (Phi) is 8.13. The van der Waals surface area contributed by atoms with Gasteiger partial charge in [-0.2, -0.15) is 0 Å². The molecule has 190 valence electrons. The highest BCUT2D eigenvalue weighted by Gasteiger charge is 2.30. The van der Waals surface area contributed by atoms with E-state index in [1.54, 1.807) is 12.3 Å². The number of ketones is 1. The van der Waals surface area contributed by atoms with Gasteiger partial charge >= 0.3 is 0 Å². The first kappa shape index (κ1) is 25.9. The standard InChI is InChI=1S/C25H27Cl2N5O4/c1-5-15(33)7-14-11-36-12-17(14)31-25-29-10-13-8-16(30-24(28-6-2)23(13)32-25)20-21(26)18(34-3)9-19(35-4)22(20)27/h5,8-10,14,17H,1,6-7,11-12H2,2-4H3,(H,28,30)(H,29,31,32)/t14-,17+/m0/s1. The molecule has 1 aliphatic heterocycles. The normalized spacial score (nSPS) is 17.1. The van der Waals surface area contributed by atoms with Gasteiger partial charge in [0.05, 0.1) is 49.2 Å². The number of pyridine rings is 1. The Bertz CT molecular complexity index is 1280. The third-order valence-corrected chi connectivity index (χ3v) is 6.69. The van der Waals surface area contributed by atoms with Crippen LogP contribution >= 0.6 is 23.2 Å². The molecular formula is C25H27Cl2N5O4. The summed E-state index contributed by atoms with van der Waals surface area (Å²) in [6.07, 6.45) is 3.40. The van der Waals surface area contributed by atoms with E-state index in [2.05, 4.69) is 22.2 Å². The molecular weight excluding hydrogens is 505 g/mol. The van der Waals surface area contributed by atoms with Crippen molar-refractivity contribution in [2.75, 3.05) is 44.6 Å². The van der Waals surface area contributed by atoms with Crippen LogP contribution in [0.15, 0.2) is 31.0 Å². The van der Waals surface area contributed by atoms with Crippen molar-refractivity contribution in [1.82, 2.24) is 15.0 Å². The summed E-state index contributed by atoms with van der Waals surface area (Å²) >= 11 is 13.3. The van der Waals surface area contributed by atoms with Crippen molar-refractivity contribution in [2.45, 2.75) is 19.4 Å². The zero-order valence-electron chi connectivity index (χ0n) is 20.2. The number of hydrogen-bond acceptors (Lipinski definition) is 9. The molecule has 0 spiro atoms. The molecule has 2 N–H and O–H groups in total. The first-order valence-electron chi connectivity index (χ1n) is 11.4. The number of anilines is 2. The number of hydrogen-bond donors (Lipinski definition) is 2. The van der Waals surface area contributed by atoms with Gasteiger partial charge in [0.2, 0.25) is 5.95 Å². The molecule has 0 bridgehead atoms. The smallest absolute Gasteiger partial charge is 0.223 e. The molecule has 0 unspecified atom stereocenters. The van der Waals surface area contributed by atoms with Gasteiger partial charge in [-0.1, -0.05) is 29.8 Å². The second-order valence-electron chi connectivity index (χ2n) is 8.22. The highest BCUT2D eigenvalue weighted by Crippen LogP contribution is 2.46. The molecule has 1 aliphatic rings. The van der Waals surface area contributed by atoms with Gasteiger partial charge in [0.25, 0.3) is 0 Å². The Morgan fingerprint density at radius 2 is 1.92 bits per heavy atom. The van der Waals surface area contributed by atoms with E-state index in [-0.39, 0.29) is 17.7 Å². The molecule has 1 saturated heterocycles. The molecule has 11 heteroatoms. The second kappa shape index (κ2) is 11.3. The number of carbonyl (C=O) groups excluding carboxylic acids is 1. The monoisotopic (exact) mass is 531 g/mol. The molecule has 4 rings (SSSR count). The van der Waals surface area contributed by atoms with E-state index in [9.17, 15) is 4.79 Å². The van der Waals surface area contributed by atoms with E-state index in [0.29, 0.717) is 76.3 Å². The van der Waals surface area contributed by atoms with E-state index in [1.807, 2.05) is 13.0 Å². The van der Waals surface area contributed by atoms with Gasteiger partial charge < -0.3 is 24.8 Å². The minimum atomic E-state index is -0.0944. The molecule has 2 atom stereocenters. The van der Waals surface area contributed by atoms with Gasteiger partial charge in [-0.25, -0.2) is 15.0 Å². The summed E-state index contributed by atoms with van der Waals surface area (Å²) in [6.45, 7) is 7.08. The van der Waals surface area contributed by atoms with Crippen LogP contribution in [-0.4, -0.2) is 60.8 Å². The van der Waals surface area contributed by atoms with Gasteiger partial charge in [-0.05, 0) is 19.1 Å². The Morgan fingerprint density at radius 1 is 1.19 bits per heavy atom. The average Bonchev–Trinajstić information content (AvgIpc) is 3.30. The number of halogens is 2. The number of nitrogens with one attached hydrogen (secondary N) is 2. The lowest BCUT2D eigenvalue weighted by Gasteiger charge is -2.19. The summed E-state index contributed by atoms with van der Waals surface area (Å²) in [5.41, 5.74) is 1.62. The minimum Gasteiger partial charge on any atom is -0.495 e. The van der Waals surface area contributed by atoms with Crippen molar-refractivity contribution in [3.05, 3.63) is 41.0 Å². The SMILES string of the molecule is C=CC(=O)C[C@H]1COC[C@H]1Nc1ncc2cc(-c3c(Cl)c(OC)cc(OC)c3Cl)nc(NCC)c2n1. The second-order valence-corrected chi connectivity index (χ2v) is 8.98. The molecule has 1 aromatic carbocycles. The fourth-order valence-corrected chi connectivity index (χ4v) is 4.80. The number of allylic oxidation sites excluding steroid dienone is 1. The maximum absolute atomic E-state index is 11.9. The van der Waals surface area contributed by atoms with E-state index < -0.39 is 0 Å². The molecule has 1 fully saturated rings. The van der Waals surface area contributed by atoms with Crippen LogP contribution in [0.25, 0.3) is 22.2 Å². The van der Waals surface area contributed by atoms with Crippen LogP contribution in [0.4, 0.5) is 11.8 Å². The Balaban J connectivity index is 1.75. The maximum atomic E-state index is 11.9. The molecule has 3 heterocycles. The molecule has 3 aromatic rings. The Morgan fingerprint density at radius 3 is 2.56 bits per heavy atom. The van der Waals surface area contributed by atoms with Crippen LogP contribution in [-0.2, 0) is 9.53 Å². The van der Waals surface area contributed by atoms with Gasteiger partial charge in [-0.15, -0.1) is 0 Å². The van der Waals surface area contributed by atoms with Crippen molar-refractivity contribution in [2.24, 2.45) is 5.92 Å². The summed E-state index contributed by atoms with van der Waals surface area (Å²) in [4.78, 5) is 25.8. The van der Waals surface area contributed by atoms with Gasteiger partial charge in [0, 0.05) is 42.1 Å². The number of aromatic nitrogens is 3. The molecule has 0 saturated carbocycles. The lowest BCUT2D eigenvalue weighted by atomic mass is 9.97. The molecule has 0 amide bonds. The summed E-state index contributed by atoms with van der Waals surface area (Å²) < 4.78 is 16.4. The fraction of sp³-hybridized carbons (Fsp3) is 0.360.